The van der Waals surface area contributed by atoms with Gasteiger partial charge in [-0.2, -0.15) is 0 Å². The van der Waals surface area contributed by atoms with Crippen LogP contribution in [0.3, 0.4) is 0 Å². The number of hydrogen-bond donors (Lipinski definition) is 1. The highest BCUT2D eigenvalue weighted by molar-refractivity contribution is 5.59. The fraction of sp³-hybridized carbons (Fsp3) is 0.571. The molecule has 1 N–H and O–H groups in total. The van der Waals surface area contributed by atoms with Gasteiger partial charge in [-0.1, -0.05) is 0 Å². The van der Waals surface area contributed by atoms with Crippen molar-refractivity contribution < 1.29 is 14.6 Å². The van der Waals surface area contributed by atoms with Crippen LogP contribution in [-0.2, 0) is 19.4 Å². The first-order valence-corrected chi connectivity index (χ1v) is 6.36. The smallest absolute Gasteiger partial charge is 0.128 e. The quantitative estimate of drug-likeness (QED) is 0.809. The number of aliphatic hydroxyl groups is 1. The van der Waals surface area contributed by atoms with E-state index < -0.39 is 0 Å². The molecule has 0 radical (unpaired) electrons. The van der Waals surface area contributed by atoms with Gasteiger partial charge in [0.25, 0.3) is 0 Å². The molecule has 0 atom stereocenters. The summed E-state index contributed by atoms with van der Waals surface area (Å²) >= 11 is 0. The second-order valence-electron chi connectivity index (χ2n) is 4.78. The van der Waals surface area contributed by atoms with Crippen molar-refractivity contribution in [2.45, 2.75) is 39.2 Å². The average molecular weight is 234 g/mol. The summed E-state index contributed by atoms with van der Waals surface area (Å²) < 4.78 is 11.6. The summed E-state index contributed by atoms with van der Waals surface area (Å²) in [6, 6.07) is 0. The molecule has 2 aliphatic rings. The third-order valence-electron chi connectivity index (χ3n) is 3.77. The van der Waals surface area contributed by atoms with Gasteiger partial charge in [-0.25, -0.2) is 0 Å². The average Bonchev–Trinajstić information content (AvgIpc) is 2.40. The Kier molecular flexibility index (Phi) is 2.71. The predicted molar refractivity (Wildman–Crippen MR) is 64.7 cm³/mol. The minimum absolute atomic E-state index is 0.0499. The molecule has 0 bridgehead atoms. The maximum Gasteiger partial charge on any atom is 0.128 e. The number of rotatable bonds is 1. The Morgan fingerprint density at radius 3 is 2.35 bits per heavy atom. The molecule has 0 aliphatic carbocycles. The maximum absolute atomic E-state index is 9.60. The van der Waals surface area contributed by atoms with Crippen LogP contribution >= 0.6 is 0 Å². The third kappa shape index (κ3) is 1.61. The molecule has 2 heterocycles. The van der Waals surface area contributed by atoms with E-state index in [1.54, 1.807) is 0 Å². The van der Waals surface area contributed by atoms with Crippen LogP contribution in [0.15, 0.2) is 0 Å². The first-order valence-electron chi connectivity index (χ1n) is 6.36. The third-order valence-corrected chi connectivity index (χ3v) is 3.77. The van der Waals surface area contributed by atoms with E-state index in [1.807, 2.05) is 0 Å². The highest BCUT2D eigenvalue weighted by atomic mass is 16.5. The van der Waals surface area contributed by atoms with Crippen molar-refractivity contribution in [2.75, 3.05) is 13.2 Å². The number of aliphatic hydroxyl groups excluding tert-OH is 1. The fourth-order valence-electron chi connectivity index (χ4n) is 2.94. The summed E-state index contributed by atoms with van der Waals surface area (Å²) in [7, 11) is 0. The van der Waals surface area contributed by atoms with Crippen LogP contribution in [0.4, 0.5) is 0 Å². The highest BCUT2D eigenvalue weighted by Gasteiger charge is 2.26. The van der Waals surface area contributed by atoms with E-state index in [1.165, 1.54) is 11.1 Å². The lowest BCUT2D eigenvalue weighted by atomic mass is 9.89. The van der Waals surface area contributed by atoms with Crippen LogP contribution in [-0.4, -0.2) is 18.3 Å². The lowest BCUT2D eigenvalue weighted by molar-refractivity contribution is 0.239. The van der Waals surface area contributed by atoms with Crippen LogP contribution in [0.2, 0.25) is 0 Å². The van der Waals surface area contributed by atoms with E-state index in [0.29, 0.717) is 0 Å². The van der Waals surface area contributed by atoms with Crippen molar-refractivity contribution in [2.24, 2.45) is 0 Å². The Morgan fingerprint density at radius 2 is 1.65 bits per heavy atom. The van der Waals surface area contributed by atoms with Gasteiger partial charge in [0.15, 0.2) is 0 Å². The summed E-state index contributed by atoms with van der Waals surface area (Å²) in [6.45, 7) is 3.71. The van der Waals surface area contributed by atoms with Crippen molar-refractivity contribution in [1.29, 1.82) is 0 Å². The topological polar surface area (TPSA) is 38.7 Å². The summed E-state index contributed by atoms with van der Waals surface area (Å²) in [6.07, 6.45) is 4.10. The second kappa shape index (κ2) is 4.22. The van der Waals surface area contributed by atoms with Crippen LogP contribution < -0.4 is 9.47 Å². The van der Waals surface area contributed by atoms with Crippen molar-refractivity contribution in [3.05, 3.63) is 22.3 Å². The Bertz CT molecular complexity index is 414. The molecule has 0 fully saturated rings. The normalized spacial score (nSPS) is 17.8. The standard InChI is InChI=1S/C14H18O3/c1-9-10-4-2-7-17-14(10)12(8-15)11-5-3-6-16-13(9)11/h15H,2-8H2,1H3. The molecule has 1 aromatic rings. The summed E-state index contributed by atoms with van der Waals surface area (Å²) in [5.74, 6) is 1.94. The summed E-state index contributed by atoms with van der Waals surface area (Å²) in [5.41, 5.74) is 4.57. The second-order valence-corrected chi connectivity index (χ2v) is 4.78. The lowest BCUT2D eigenvalue weighted by Crippen LogP contribution is -2.18. The molecular weight excluding hydrogens is 216 g/mol. The van der Waals surface area contributed by atoms with Gasteiger partial charge in [-0.05, 0) is 38.2 Å². The molecule has 3 heteroatoms. The zero-order valence-corrected chi connectivity index (χ0v) is 10.2. The summed E-state index contributed by atoms with van der Waals surface area (Å²) in [4.78, 5) is 0. The van der Waals surface area contributed by atoms with Crippen molar-refractivity contribution >= 4 is 0 Å². The lowest BCUT2D eigenvalue weighted by Gasteiger charge is -2.29. The van der Waals surface area contributed by atoms with Crippen LogP contribution in [0.5, 0.6) is 11.5 Å². The van der Waals surface area contributed by atoms with E-state index in [-0.39, 0.29) is 6.61 Å². The Labute approximate surface area is 101 Å². The molecule has 17 heavy (non-hydrogen) atoms. The number of hydrogen-bond acceptors (Lipinski definition) is 3. The SMILES string of the molecule is Cc1c2c(c(CO)c3c1OCCC3)OCCC2. The van der Waals surface area contributed by atoms with Gasteiger partial charge < -0.3 is 14.6 Å². The largest absolute Gasteiger partial charge is 0.493 e. The Morgan fingerprint density at radius 1 is 1.00 bits per heavy atom. The zero-order valence-electron chi connectivity index (χ0n) is 10.2. The molecule has 92 valence electrons. The highest BCUT2D eigenvalue weighted by Crippen LogP contribution is 2.42. The van der Waals surface area contributed by atoms with Crippen LogP contribution in [0.25, 0.3) is 0 Å². The molecule has 2 aliphatic heterocycles. The molecule has 0 unspecified atom stereocenters. The van der Waals surface area contributed by atoms with Gasteiger partial charge in [0.05, 0.1) is 19.8 Å². The van der Waals surface area contributed by atoms with E-state index >= 15 is 0 Å². The van der Waals surface area contributed by atoms with Gasteiger partial charge in [-0.15, -0.1) is 0 Å². The minimum atomic E-state index is 0.0499. The first-order chi connectivity index (χ1) is 8.33. The molecule has 3 nitrogen and oxygen atoms in total. The summed E-state index contributed by atoms with van der Waals surface area (Å²) in [5, 5.41) is 9.60. The molecule has 1 aromatic carbocycles. The monoisotopic (exact) mass is 234 g/mol. The molecule has 0 saturated heterocycles. The molecule has 0 spiro atoms. The van der Waals surface area contributed by atoms with Crippen LogP contribution in [0.1, 0.15) is 35.1 Å². The Balaban J connectivity index is 2.25. The van der Waals surface area contributed by atoms with Gasteiger partial charge in [-0.3, -0.25) is 0 Å². The van der Waals surface area contributed by atoms with Gasteiger partial charge in [0.2, 0.25) is 0 Å². The van der Waals surface area contributed by atoms with Crippen LogP contribution in [0, 0.1) is 6.92 Å². The fourth-order valence-corrected chi connectivity index (χ4v) is 2.94. The molecule has 0 amide bonds. The van der Waals surface area contributed by atoms with E-state index in [4.69, 9.17) is 9.47 Å². The van der Waals surface area contributed by atoms with Crippen molar-refractivity contribution in [1.82, 2.24) is 0 Å². The number of ether oxygens (including phenoxy) is 2. The number of benzene rings is 1. The predicted octanol–water partition coefficient (Wildman–Crippen LogP) is 2.14. The Hall–Kier alpha value is -1.22. The van der Waals surface area contributed by atoms with E-state index in [9.17, 15) is 5.11 Å². The van der Waals surface area contributed by atoms with Crippen molar-refractivity contribution in [3.8, 4) is 11.5 Å². The number of fused-ring (bicyclic) bond motifs is 2. The molecule has 3 rings (SSSR count). The zero-order chi connectivity index (χ0) is 11.8. The molecular formula is C14H18O3. The van der Waals surface area contributed by atoms with Gasteiger partial charge in [0.1, 0.15) is 11.5 Å². The molecule has 0 aromatic heterocycles. The van der Waals surface area contributed by atoms with E-state index in [2.05, 4.69) is 6.92 Å². The minimum Gasteiger partial charge on any atom is -0.493 e. The van der Waals surface area contributed by atoms with Crippen molar-refractivity contribution in [3.63, 3.8) is 0 Å². The van der Waals surface area contributed by atoms with Gasteiger partial charge >= 0.3 is 0 Å². The first kappa shape index (κ1) is 10.9. The van der Waals surface area contributed by atoms with Gasteiger partial charge in [0, 0.05) is 16.7 Å². The molecule has 0 saturated carbocycles. The van der Waals surface area contributed by atoms with E-state index in [0.717, 1.165) is 61.5 Å². The maximum atomic E-state index is 9.60.